The molecule has 2 heterocycles. The summed E-state index contributed by atoms with van der Waals surface area (Å²) in [6.07, 6.45) is 0. The first-order valence-corrected chi connectivity index (χ1v) is 6.54. The van der Waals surface area contributed by atoms with Gasteiger partial charge in [-0.25, -0.2) is 4.79 Å². The van der Waals surface area contributed by atoms with Gasteiger partial charge in [-0.2, -0.15) is 0 Å². The van der Waals surface area contributed by atoms with Crippen molar-refractivity contribution in [3.8, 4) is 0 Å². The molecule has 0 saturated carbocycles. The fourth-order valence-electron chi connectivity index (χ4n) is 2.17. The Bertz CT molecular complexity index is 560. The molecule has 1 aliphatic rings. The molecule has 1 aliphatic heterocycles. The molecular formula is C12H20N4O4. The molecule has 0 aliphatic carbocycles. The zero-order valence-electron chi connectivity index (χ0n) is 11.6. The van der Waals surface area contributed by atoms with Gasteiger partial charge in [-0.3, -0.25) is 19.2 Å². The summed E-state index contributed by atoms with van der Waals surface area (Å²) < 4.78 is 11.5. The minimum Gasteiger partial charge on any atom is -0.385 e. The Hall–Kier alpha value is -1.64. The predicted octanol–water partition coefficient (Wildman–Crippen LogP) is -1.40. The number of rotatable bonds is 5. The lowest BCUT2D eigenvalue weighted by molar-refractivity contribution is 0.0340. The summed E-state index contributed by atoms with van der Waals surface area (Å²) in [6, 6.07) is 0. The predicted molar refractivity (Wildman–Crippen MR) is 73.7 cm³/mol. The number of hydrogen-bond donors (Lipinski definition) is 2. The van der Waals surface area contributed by atoms with Gasteiger partial charge in [0.05, 0.1) is 31.9 Å². The van der Waals surface area contributed by atoms with Crippen molar-refractivity contribution in [2.24, 2.45) is 0 Å². The van der Waals surface area contributed by atoms with E-state index in [0.29, 0.717) is 38.5 Å². The molecule has 1 fully saturated rings. The number of nitrogens with one attached hydrogen (secondary N) is 1. The molecule has 0 spiro atoms. The van der Waals surface area contributed by atoms with E-state index >= 15 is 0 Å². The zero-order chi connectivity index (χ0) is 14.5. The van der Waals surface area contributed by atoms with Gasteiger partial charge in [0.15, 0.2) is 0 Å². The minimum atomic E-state index is -0.504. The van der Waals surface area contributed by atoms with Gasteiger partial charge in [0, 0.05) is 26.7 Å². The Morgan fingerprint density at radius 1 is 1.35 bits per heavy atom. The number of nitrogen functional groups attached to an aromatic ring is 1. The molecule has 2 rings (SSSR count). The monoisotopic (exact) mass is 284 g/mol. The third-order valence-corrected chi connectivity index (χ3v) is 3.34. The molecule has 112 valence electrons. The van der Waals surface area contributed by atoms with Gasteiger partial charge in [-0.1, -0.05) is 0 Å². The van der Waals surface area contributed by atoms with Crippen LogP contribution in [0.25, 0.3) is 0 Å². The van der Waals surface area contributed by atoms with Gasteiger partial charge in [0.25, 0.3) is 5.56 Å². The molecule has 1 aromatic rings. The molecule has 3 N–H and O–H groups in total. The van der Waals surface area contributed by atoms with Crippen molar-refractivity contribution in [2.45, 2.75) is 13.1 Å². The summed E-state index contributed by atoms with van der Waals surface area (Å²) in [5.74, 6) is 0.210. The van der Waals surface area contributed by atoms with Gasteiger partial charge < -0.3 is 15.2 Å². The highest BCUT2D eigenvalue weighted by Gasteiger charge is 2.17. The Balaban J connectivity index is 2.26. The maximum Gasteiger partial charge on any atom is 0.329 e. The standard InChI is InChI=1S/C12H20N4O4/c1-19-5-4-16-10(13)9(11(17)14-12(16)18)8-15-2-6-20-7-3-15/h2-8,13H2,1H3,(H,14,17,18). The van der Waals surface area contributed by atoms with E-state index in [-0.39, 0.29) is 5.82 Å². The lowest BCUT2D eigenvalue weighted by atomic mass is 10.2. The first-order chi connectivity index (χ1) is 9.63. The molecule has 1 aromatic heterocycles. The van der Waals surface area contributed by atoms with Crippen molar-refractivity contribution in [3.05, 3.63) is 26.4 Å². The number of ether oxygens (including phenoxy) is 2. The van der Waals surface area contributed by atoms with Gasteiger partial charge in [0.1, 0.15) is 5.82 Å². The number of methoxy groups -OCH3 is 1. The fraction of sp³-hybridized carbons (Fsp3) is 0.667. The van der Waals surface area contributed by atoms with Crippen LogP contribution in [0.2, 0.25) is 0 Å². The average Bonchev–Trinajstić information content (AvgIpc) is 2.44. The number of aromatic nitrogens is 2. The van der Waals surface area contributed by atoms with Crippen LogP contribution in [0.1, 0.15) is 5.56 Å². The van der Waals surface area contributed by atoms with Crippen LogP contribution in [0, 0.1) is 0 Å². The topological polar surface area (TPSA) is 103 Å². The van der Waals surface area contributed by atoms with Crippen LogP contribution in [0.15, 0.2) is 9.59 Å². The van der Waals surface area contributed by atoms with E-state index in [1.807, 2.05) is 0 Å². The second kappa shape index (κ2) is 6.69. The van der Waals surface area contributed by atoms with E-state index in [9.17, 15) is 9.59 Å². The third-order valence-electron chi connectivity index (χ3n) is 3.34. The van der Waals surface area contributed by atoms with E-state index in [2.05, 4.69) is 9.88 Å². The number of nitrogens with two attached hydrogens (primary N) is 1. The van der Waals surface area contributed by atoms with Crippen molar-refractivity contribution in [2.75, 3.05) is 45.8 Å². The highest BCUT2D eigenvalue weighted by molar-refractivity contribution is 5.38. The first-order valence-electron chi connectivity index (χ1n) is 6.54. The van der Waals surface area contributed by atoms with Gasteiger partial charge in [-0.05, 0) is 0 Å². The molecule has 0 amide bonds. The normalized spacial score (nSPS) is 16.4. The number of anilines is 1. The minimum absolute atomic E-state index is 0.210. The summed E-state index contributed by atoms with van der Waals surface area (Å²) >= 11 is 0. The number of hydrogen-bond acceptors (Lipinski definition) is 6. The summed E-state index contributed by atoms with van der Waals surface area (Å²) in [5.41, 5.74) is 5.46. The summed E-state index contributed by atoms with van der Waals surface area (Å²) in [7, 11) is 1.54. The quantitative estimate of drug-likeness (QED) is 0.689. The first kappa shape index (κ1) is 14.8. The largest absolute Gasteiger partial charge is 0.385 e. The number of nitrogens with zero attached hydrogens (tertiary/aromatic N) is 2. The van der Waals surface area contributed by atoms with Crippen molar-refractivity contribution in [1.82, 2.24) is 14.5 Å². The smallest absolute Gasteiger partial charge is 0.329 e. The van der Waals surface area contributed by atoms with Crippen LogP contribution in [0.4, 0.5) is 5.82 Å². The Morgan fingerprint density at radius 3 is 2.70 bits per heavy atom. The number of aromatic amines is 1. The van der Waals surface area contributed by atoms with E-state index in [1.165, 1.54) is 4.57 Å². The van der Waals surface area contributed by atoms with Gasteiger partial charge in [-0.15, -0.1) is 0 Å². The molecular weight excluding hydrogens is 264 g/mol. The number of H-pyrrole nitrogens is 1. The highest BCUT2D eigenvalue weighted by atomic mass is 16.5. The van der Waals surface area contributed by atoms with Crippen molar-refractivity contribution < 1.29 is 9.47 Å². The van der Waals surface area contributed by atoms with E-state index in [0.717, 1.165) is 13.1 Å². The summed E-state index contributed by atoms with van der Waals surface area (Å²) in [6.45, 7) is 3.85. The molecule has 8 nitrogen and oxygen atoms in total. The highest BCUT2D eigenvalue weighted by Crippen LogP contribution is 2.09. The molecule has 0 atom stereocenters. The van der Waals surface area contributed by atoms with Crippen LogP contribution in [0.5, 0.6) is 0 Å². The summed E-state index contributed by atoms with van der Waals surface area (Å²) in [5, 5.41) is 0. The van der Waals surface area contributed by atoms with E-state index < -0.39 is 11.2 Å². The third kappa shape index (κ3) is 3.27. The van der Waals surface area contributed by atoms with Gasteiger partial charge in [0.2, 0.25) is 0 Å². The Kier molecular flexibility index (Phi) is 4.94. The average molecular weight is 284 g/mol. The second-order valence-electron chi connectivity index (χ2n) is 4.66. The van der Waals surface area contributed by atoms with E-state index in [1.54, 1.807) is 7.11 Å². The second-order valence-corrected chi connectivity index (χ2v) is 4.66. The van der Waals surface area contributed by atoms with Gasteiger partial charge >= 0.3 is 5.69 Å². The van der Waals surface area contributed by atoms with Crippen LogP contribution in [0.3, 0.4) is 0 Å². The van der Waals surface area contributed by atoms with Crippen LogP contribution in [-0.2, 0) is 22.6 Å². The van der Waals surface area contributed by atoms with Crippen LogP contribution >= 0.6 is 0 Å². The van der Waals surface area contributed by atoms with Crippen LogP contribution in [-0.4, -0.2) is 54.5 Å². The van der Waals surface area contributed by atoms with Crippen molar-refractivity contribution in [3.63, 3.8) is 0 Å². The SMILES string of the molecule is COCCn1c(N)c(CN2CCOCC2)c(=O)[nH]c1=O. The van der Waals surface area contributed by atoms with E-state index in [4.69, 9.17) is 15.2 Å². The molecule has 0 radical (unpaired) electrons. The number of morpholine rings is 1. The molecule has 0 bridgehead atoms. The zero-order valence-corrected chi connectivity index (χ0v) is 11.6. The summed E-state index contributed by atoms with van der Waals surface area (Å²) in [4.78, 5) is 28.1. The molecule has 1 saturated heterocycles. The molecule has 0 aromatic carbocycles. The maximum absolute atomic E-state index is 11.9. The molecule has 0 unspecified atom stereocenters. The molecule has 20 heavy (non-hydrogen) atoms. The lowest BCUT2D eigenvalue weighted by Gasteiger charge is -2.26. The Morgan fingerprint density at radius 2 is 2.05 bits per heavy atom. The molecule has 8 heteroatoms. The lowest BCUT2D eigenvalue weighted by Crippen LogP contribution is -2.40. The van der Waals surface area contributed by atoms with Crippen molar-refractivity contribution >= 4 is 5.82 Å². The fourth-order valence-corrected chi connectivity index (χ4v) is 2.17. The maximum atomic E-state index is 11.9. The van der Waals surface area contributed by atoms with Crippen LogP contribution < -0.4 is 17.0 Å². The van der Waals surface area contributed by atoms with Crippen molar-refractivity contribution in [1.29, 1.82) is 0 Å². The Labute approximate surface area is 116 Å².